The van der Waals surface area contributed by atoms with E-state index in [0.717, 1.165) is 55.6 Å². The maximum absolute atomic E-state index is 13.3. The summed E-state index contributed by atoms with van der Waals surface area (Å²) in [7, 11) is 3.26. The van der Waals surface area contributed by atoms with Crippen molar-refractivity contribution in [3.8, 4) is 29.1 Å². The molecule has 2 heterocycles. The SMILES string of the molecule is C=CCN1CC[C@]23c4c5c(O)cc(OC)c4O[C@H]2[C@H](N(C)C(=O)C#Cc2ccc(C(F)(F)F)cc2)CC[C@H]3[C@H]1C5. The number of benzene rings is 2. The van der Waals surface area contributed by atoms with E-state index in [2.05, 4.69) is 23.3 Å². The third-order valence-electron chi connectivity index (χ3n) is 9.42. The number of piperidine rings is 1. The van der Waals surface area contributed by atoms with Crippen LogP contribution in [0.3, 0.4) is 0 Å². The van der Waals surface area contributed by atoms with Crippen molar-refractivity contribution in [1.29, 1.82) is 0 Å². The summed E-state index contributed by atoms with van der Waals surface area (Å²) in [6, 6.07) is 6.02. The van der Waals surface area contributed by atoms with Crippen molar-refractivity contribution in [2.75, 3.05) is 27.2 Å². The van der Waals surface area contributed by atoms with Gasteiger partial charge in [-0.1, -0.05) is 12.0 Å². The lowest BCUT2D eigenvalue weighted by atomic mass is 9.51. The molecule has 1 saturated carbocycles. The molecule has 0 aromatic heterocycles. The number of nitrogens with zero attached hydrogens (tertiary/aromatic N) is 2. The van der Waals surface area contributed by atoms with E-state index in [0.29, 0.717) is 23.5 Å². The second-order valence-corrected chi connectivity index (χ2v) is 11.2. The minimum atomic E-state index is -4.43. The fourth-order valence-electron chi connectivity index (χ4n) is 7.70. The molecule has 40 heavy (non-hydrogen) atoms. The predicted octanol–water partition coefficient (Wildman–Crippen LogP) is 4.52. The lowest BCUT2D eigenvalue weighted by molar-refractivity contribution is -0.137. The second kappa shape index (κ2) is 9.48. The molecule has 5 atom stereocenters. The molecule has 0 radical (unpaired) electrons. The number of hydrogen-bond donors (Lipinski definition) is 1. The van der Waals surface area contributed by atoms with Gasteiger partial charge in [-0.3, -0.25) is 9.69 Å². The monoisotopic (exact) mass is 552 g/mol. The molecule has 9 heteroatoms. The van der Waals surface area contributed by atoms with Gasteiger partial charge in [-0.05, 0) is 62.4 Å². The molecule has 1 spiro atoms. The maximum atomic E-state index is 13.3. The van der Waals surface area contributed by atoms with Crippen molar-refractivity contribution in [2.24, 2.45) is 5.92 Å². The van der Waals surface area contributed by atoms with Crippen LogP contribution in [0.5, 0.6) is 17.2 Å². The number of halogens is 3. The highest BCUT2D eigenvalue weighted by Crippen LogP contribution is 2.65. The summed E-state index contributed by atoms with van der Waals surface area (Å²) in [5.74, 6) is 6.54. The summed E-state index contributed by atoms with van der Waals surface area (Å²) < 4.78 is 51.0. The van der Waals surface area contributed by atoms with Crippen LogP contribution < -0.4 is 9.47 Å². The van der Waals surface area contributed by atoms with Gasteiger partial charge in [-0.25, -0.2) is 0 Å². The lowest BCUT2D eigenvalue weighted by Gasteiger charge is -2.60. The largest absolute Gasteiger partial charge is 0.508 e. The molecule has 1 saturated heterocycles. The molecule has 2 bridgehead atoms. The van der Waals surface area contributed by atoms with E-state index in [1.165, 1.54) is 12.1 Å². The van der Waals surface area contributed by atoms with Crippen LogP contribution in [0.1, 0.15) is 41.5 Å². The molecule has 1 amide bonds. The van der Waals surface area contributed by atoms with Crippen LogP contribution in [0.2, 0.25) is 0 Å². The molecule has 2 aromatic carbocycles. The molecule has 1 N–H and O–H groups in total. The molecule has 2 aromatic rings. The van der Waals surface area contributed by atoms with E-state index >= 15 is 0 Å². The summed E-state index contributed by atoms with van der Waals surface area (Å²) in [4.78, 5) is 17.3. The molecular weight excluding hydrogens is 521 g/mol. The third kappa shape index (κ3) is 3.87. The first-order valence-corrected chi connectivity index (χ1v) is 13.5. The number of likely N-dealkylation sites (tertiary alicyclic amines) is 1. The van der Waals surface area contributed by atoms with E-state index in [1.807, 2.05) is 6.08 Å². The first kappa shape index (κ1) is 26.6. The summed E-state index contributed by atoms with van der Waals surface area (Å²) in [5.41, 5.74) is 1.10. The summed E-state index contributed by atoms with van der Waals surface area (Å²) in [5, 5.41) is 11.1. The summed E-state index contributed by atoms with van der Waals surface area (Å²) in [6.45, 7) is 5.56. The first-order valence-electron chi connectivity index (χ1n) is 13.5. The molecule has 6 rings (SSSR count). The van der Waals surface area contributed by atoms with E-state index in [-0.39, 0.29) is 35.3 Å². The van der Waals surface area contributed by atoms with Crippen LogP contribution in [0.4, 0.5) is 13.2 Å². The highest BCUT2D eigenvalue weighted by molar-refractivity contribution is 5.94. The number of phenols is 1. The molecule has 210 valence electrons. The van der Waals surface area contributed by atoms with Crippen molar-refractivity contribution in [3.63, 3.8) is 0 Å². The highest BCUT2D eigenvalue weighted by Gasteiger charge is 2.66. The Bertz CT molecular complexity index is 1430. The minimum Gasteiger partial charge on any atom is -0.508 e. The molecule has 0 unspecified atom stereocenters. The van der Waals surface area contributed by atoms with Gasteiger partial charge in [0.15, 0.2) is 11.5 Å². The second-order valence-electron chi connectivity index (χ2n) is 11.2. The van der Waals surface area contributed by atoms with Crippen LogP contribution in [0.25, 0.3) is 0 Å². The van der Waals surface area contributed by atoms with Gasteiger partial charge < -0.3 is 19.5 Å². The Morgan fingerprint density at radius 3 is 2.75 bits per heavy atom. The lowest BCUT2D eigenvalue weighted by Crippen LogP contribution is -2.68. The Morgan fingerprint density at radius 2 is 2.08 bits per heavy atom. The minimum absolute atomic E-state index is 0.206. The quantitative estimate of drug-likeness (QED) is 0.447. The molecule has 6 nitrogen and oxygen atoms in total. The van der Waals surface area contributed by atoms with Crippen LogP contribution >= 0.6 is 0 Å². The van der Waals surface area contributed by atoms with Gasteiger partial charge in [0, 0.05) is 53.7 Å². The zero-order valence-corrected chi connectivity index (χ0v) is 22.4. The number of hydrogen-bond acceptors (Lipinski definition) is 5. The topological polar surface area (TPSA) is 62.2 Å². The van der Waals surface area contributed by atoms with Crippen LogP contribution in [-0.4, -0.2) is 66.2 Å². The first-order chi connectivity index (χ1) is 19.1. The van der Waals surface area contributed by atoms with E-state index < -0.39 is 17.6 Å². The van der Waals surface area contributed by atoms with Crippen LogP contribution in [0, 0.1) is 17.8 Å². The number of ether oxygens (including phenoxy) is 2. The van der Waals surface area contributed by atoms with Gasteiger partial charge in [0.25, 0.3) is 5.91 Å². The van der Waals surface area contributed by atoms with Gasteiger partial charge >= 0.3 is 6.18 Å². The van der Waals surface area contributed by atoms with Crippen LogP contribution in [0.15, 0.2) is 43.0 Å². The van der Waals surface area contributed by atoms with Crippen molar-refractivity contribution in [3.05, 3.63) is 65.2 Å². The fourth-order valence-corrected chi connectivity index (χ4v) is 7.70. The average Bonchev–Trinajstić information content (AvgIpc) is 3.27. The average molecular weight is 553 g/mol. The van der Waals surface area contributed by atoms with E-state index in [4.69, 9.17) is 9.47 Å². The summed E-state index contributed by atoms with van der Waals surface area (Å²) in [6.07, 6.45) is 0.273. The number of amides is 1. The zero-order valence-electron chi connectivity index (χ0n) is 22.4. The maximum Gasteiger partial charge on any atom is 0.416 e. The van der Waals surface area contributed by atoms with Crippen molar-refractivity contribution in [2.45, 2.75) is 55.5 Å². The highest BCUT2D eigenvalue weighted by atomic mass is 19.4. The van der Waals surface area contributed by atoms with Gasteiger partial charge in [0.1, 0.15) is 11.9 Å². The Morgan fingerprint density at radius 1 is 1.32 bits per heavy atom. The molecule has 4 aliphatic rings. The third-order valence-corrected chi connectivity index (χ3v) is 9.42. The van der Waals surface area contributed by atoms with Crippen molar-refractivity contribution >= 4 is 5.91 Å². The van der Waals surface area contributed by atoms with Gasteiger partial charge in [0.2, 0.25) is 0 Å². The van der Waals surface area contributed by atoms with Gasteiger partial charge in [0.05, 0.1) is 18.7 Å². The van der Waals surface area contributed by atoms with Crippen molar-refractivity contribution in [1.82, 2.24) is 9.80 Å². The molecule has 2 aliphatic carbocycles. The number of carbonyl (C=O) groups is 1. The number of likely N-dealkylation sites (N-methyl/N-ethyl adjacent to an activating group) is 1. The Balaban J connectivity index is 1.34. The Hall–Kier alpha value is -3.64. The van der Waals surface area contributed by atoms with E-state index in [1.54, 1.807) is 25.1 Å². The molecule has 2 fully saturated rings. The zero-order chi connectivity index (χ0) is 28.4. The number of phenolic OH excluding ortho intramolecular Hbond substituents is 1. The molecule has 2 aliphatic heterocycles. The normalized spacial score (nSPS) is 28.0. The van der Waals surface area contributed by atoms with Crippen LogP contribution in [-0.2, 0) is 22.8 Å². The molecular formula is C31H31F3N2O4. The predicted molar refractivity (Wildman–Crippen MR) is 142 cm³/mol. The van der Waals surface area contributed by atoms with Crippen molar-refractivity contribution < 1.29 is 32.5 Å². The van der Waals surface area contributed by atoms with Gasteiger partial charge in [-0.2, -0.15) is 13.2 Å². The standard InChI is InChI=1S/C31H31F3N2O4/c1-4-14-36-15-13-30-21-10-11-22(35(2)26(38)12-7-18-5-8-19(9-6-18)31(32,33)34)29(30)40-28-25(39-3)17-24(37)20(27(28)30)16-23(21)36/h4-6,8-9,17,21-23,29,37H,1,10-11,13-16H2,2-3H3/t21-,22+,23+,29-,30-/m0/s1. The number of rotatable bonds is 4. The fraction of sp³-hybridized carbons (Fsp3) is 0.452. The number of alkyl halides is 3. The smallest absolute Gasteiger partial charge is 0.416 e. The Kier molecular flexibility index (Phi) is 6.30. The Labute approximate surface area is 231 Å². The van der Waals surface area contributed by atoms with Gasteiger partial charge in [-0.15, -0.1) is 6.58 Å². The number of carbonyl (C=O) groups excluding carboxylic acids is 1. The number of methoxy groups -OCH3 is 1. The summed E-state index contributed by atoms with van der Waals surface area (Å²) >= 11 is 0. The number of aromatic hydroxyl groups is 1. The van der Waals surface area contributed by atoms with E-state index in [9.17, 15) is 23.1 Å².